The summed E-state index contributed by atoms with van der Waals surface area (Å²) in [4.78, 5) is 22.8. The van der Waals surface area contributed by atoms with Crippen molar-refractivity contribution in [3.8, 4) is 11.1 Å². The van der Waals surface area contributed by atoms with Gasteiger partial charge in [-0.3, -0.25) is 9.59 Å². The predicted octanol–water partition coefficient (Wildman–Crippen LogP) is 6.51. The summed E-state index contributed by atoms with van der Waals surface area (Å²) >= 11 is 5.83. The fourth-order valence-electron chi connectivity index (χ4n) is 4.10. The molecular weight excluding hydrogens is 576 g/mol. The first-order valence-electron chi connectivity index (χ1n) is 12.2. The Labute approximate surface area is 235 Å². The van der Waals surface area contributed by atoms with Crippen molar-refractivity contribution < 1.29 is 46.4 Å². The summed E-state index contributed by atoms with van der Waals surface area (Å²) < 4.78 is 78.5. The Morgan fingerprint density at radius 3 is 2.17 bits per heavy atom. The number of carbonyl (C=O) groups is 2. The van der Waals surface area contributed by atoms with E-state index in [1.807, 2.05) is 0 Å². The van der Waals surface area contributed by atoms with Crippen LogP contribution in [-0.4, -0.2) is 35.9 Å². The van der Waals surface area contributed by atoms with Crippen LogP contribution in [0.5, 0.6) is 0 Å². The molecular formula is C28H25ClF6N3O3+. The number of amides is 1. The van der Waals surface area contributed by atoms with Gasteiger partial charge in [0.25, 0.3) is 5.91 Å². The minimum absolute atomic E-state index is 0.0843. The molecule has 1 unspecified atom stereocenters. The molecule has 3 rings (SSSR count). The van der Waals surface area contributed by atoms with Crippen molar-refractivity contribution >= 4 is 35.4 Å². The maximum absolute atomic E-state index is 13.1. The Bertz CT molecular complexity index is 1410. The number of aliphatic carboxylic acids is 1. The fraction of sp³-hybridized carbons (Fsp3) is 0.250. The van der Waals surface area contributed by atoms with Crippen LogP contribution in [-0.2, 0) is 11.0 Å². The van der Waals surface area contributed by atoms with Crippen LogP contribution >= 0.6 is 11.6 Å². The minimum Gasteiger partial charge on any atom is -0.481 e. The molecule has 1 atom stereocenters. The maximum Gasteiger partial charge on any atom is 0.417 e. The molecule has 218 valence electrons. The number of halogens is 7. The van der Waals surface area contributed by atoms with Crippen molar-refractivity contribution in [2.45, 2.75) is 37.7 Å². The van der Waals surface area contributed by atoms with Gasteiger partial charge in [0.05, 0.1) is 22.6 Å². The molecule has 0 bridgehead atoms. The lowest BCUT2D eigenvalue weighted by Gasteiger charge is -2.19. The van der Waals surface area contributed by atoms with Crippen molar-refractivity contribution in [1.82, 2.24) is 5.32 Å². The quantitative estimate of drug-likeness (QED) is 0.115. The molecule has 0 heterocycles. The highest BCUT2D eigenvalue weighted by atomic mass is 35.5. The van der Waals surface area contributed by atoms with E-state index < -0.39 is 47.3 Å². The molecule has 0 aromatic heterocycles. The number of carbonyl (C=O) groups excluding carboxylic acids is 1. The largest absolute Gasteiger partial charge is 0.481 e. The number of hydrogen-bond acceptors (Lipinski definition) is 3. The third kappa shape index (κ3) is 9.05. The van der Waals surface area contributed by atoms with Gasteiger partial charge in [-0.15, -0.1) is 0 Å². The van der Waals surface area contributed by atoms with Crippen LogP contribution in [0.25, 0.3) is 11.1 Å². The lowest BCUT2D eigenvalue weighted by Crippen LogP contribution is -2.79. The second kappa shape index (κ2) is 13.2. The molecule has 1 amide bonds. The molecule has 13 heteroatoms. The van der Waals surface area contributed by atoms with Crippen LogP contribution in [0.1, 0.15) is 52.4 Å². The van der Waals surface area contributed by atoms with Gasteiger partial charge in [0.1, 0.15) is 11.7 Å². The van der Waals surface area contributed by atoms with Gasteiger partial charge in [0.2, 0.25) is 0 Å². The highest BCUT2D eigenvalue weighted by Crippen LogP contribution is 2.37. The first-order valence-corrected chi connectivity index (χ1v) is 12.6. The van der Waals surface area contributed by atoms with E-state index >= 15 is 0 Å². The highest BCUT2D eigenvalue weighted by molar-refractivity contribution is 6.31. The molecule has 3 aromatic rings. The maximum atomic E-state index is 13.1. The number of carboxylic acids is 1. The van der Waals surface area contributed by atoms with Crippen LogP contribution in [0.4, 0.5) is 32.0 Å². The van der Waals surface area contributed by atoms with Crippen LogP contribution < -0.4 is 10.6 Å². The van der Waals surface area contributed by atoms with E-state index in [0.717, 1.165) is 18.3 Å². The summed E-state index contributed by atoms with van der Waals surface area (Å²) in [5.41, 5.74) is 1.27. The normalized spacial score (nSPS) is 12.6. The Morgan fingerprint density at radius 2 is 1.61 bits per heavy atom. The third-order valence-corrected chi connectivity index (χ3v) is 6.51. The van der Waals surface area contributed by atoms with Crippen molar-refractivity contribution in [3.63, 3.8) is 0 Å². The topological polar surface area (TPSA) is 107 Å². The van der Waals surface area contributed by atoms with Gasteiger partial charge < -0.3 is 21.1 Å². The number of quaternary nitrogens is 1. The lowest BCUT2D eigenvalue weighted by molar-refractivity contribution is -0.619. The first kappa shape index (κ1) is 31.6. The summed E-state index contributed by atoms with van der Waals surface area (Å²) in [5.74, 6) is -1.61. The standard InChI is InChI=1S/C28H24ClF6N3O3/c29-22-14-19(5-7-21(22)28(33,34)35)18-6-8-23(20(13-18)15-36)38-24(9-11-27(30,31)32)16-1-3-17(4-2-16)26(41)37-12-10-25(39)40/h1-8,13-15,24,36,38H,9-12H2,(H,37,41)(H,39,40)/p+1. The first-order chi connectivity index (χ1) is 19.2. The minimum atomic E-state index is -4.62. The molecule has 41 heavy (non-hydrogen) atoms. The number of carboxylic acid groups (broad SMARTS) is 1. The van der Waals surface area contributed by atoms with Crippen molar-refractivity contribution in [1.29, 1.82) is 5.41 Å². The summed E-state index contributed by atoms with van der Waals surface area (Å²) in [6.07, 6.45) is -9.73. The molecule has 0 aliphatic carbocycles. The average Bonchev–Trinajstić information content (AvgIpc) is 2.89. The van der Waals surface area contributed by atoms with Gasteiger partial charge >= 0.3 is 18.3 Å². The third-order valence-electron chi connectivity index (χ3n) is 6.20. The van der Waals surface area contributed by atoms with E-state index in [0.29, 0.717) is 27.9 Å². The summed E-state index contributed by atoms with van der Waals surface area (Å²) in [7, 11) is 0. The summed E-state index contributed by atoms with van der Waals surface area (Å²) in [6.45, 7) is -0.0843. The molecule has 0 saturated heterocycles. The number of hydrogen-bond donors (Lipinski definition) is 4. The molecule has 3 aromatic carbocycles. The predicted molar refractivity (Wildman–Crippen MR) is 140 cm³/mol. The number of alkyl halides is 6. The number of benzene rings is 3. The smallest absolute Gasteiger partial charge is 0.417 e. The molecule has 0 fully saturated rings. The number of nitrogens with one attached hydrogen (secondary N) is 2. The van der Waals surface area contributed by atoms with Crippen LogP contribution in [0.15, 0.2) is 60.7 Å². The molecule has 0 aliphatic rings. The lowest BCUT2D eigenvalue weighted by atomic mass is 9.97. The molecule has 6 nitrogen and oxygen atoms in total. The number of nitrogens with two attached hydrogens (primary N) is 1. The Morgan fingerprint density at radius 1 is 0.976 bits per heavy atom. The second-order valence-corrected chi connectivity index (χ2v) is 9.54. The summed E-state index contributed by atoms with van der Waals surface area (Å²) in [6, 6.07) is 13.0. The van der Waals surface area contributed by atoms with Crippen LogP contribution in [0, 0.1) is 5.41 Å². The van der Waals surface area contributed by atoms with Crippen LogP contribution in [0.3, 0.4) is 0 Å². The van der Waals surface area contributed by atoms with Crippen LogP contribution in [0.2, 0.25) is 5.02 Å². The Balaban J connectivity index is 1.86. The van der Waals surface area contributed by atoms with E-state index in [1.54, 1.807) is 17.4 Å². The Hall–Kier alpha value is -3.90. The molecule has 0 saturated carbocycles. The zero-order chi connectivity index (χ0) is 30.4. The molecule has 5 N–H and O–H groups in total. The van der Waals surface area contributed by atoms with Crippen molar-refractivity contribution in [2.75, 3.05) is 6.54 Å². The van der Waals surface area contributed by atoms with E-state index in [2.05, 4.69) is 5.32 Å². The van der Waals surface area contributed by atoms with E-state index in [1.165, 1.54) is 36.4 Å². The SMILES string of the molecule is N=Cc1cc(-c2ccc(C(F)(F)F)c(Cl)c2)ccc1[NH2+]C(CCC(F)(F)F)c1ccc(C(=O)NCCC(=O)O)cc1. The van der Waals surface area contributed by atoms with Gasteiger partial charge in [0, 0.05) is 42.8 Å². The molecule has 0 aliphatic heterocycles. The average molecular weight is 601 g/mol. The Kier molecular flexibility index (Phi) is 10.2. The zero-order valence-corrected chi connectivity index (χ0v) is 22.0. The molecule has 0 radical (unpaired) electrons. The van der Waals surface area contributed by atoms with Crippen molar-refractivity contribution in [3.05, 3.63) is 87.9 Å². The monoisotopic (exact) mass is 600 g/mol. The number of rotatable bonds is 11. The van der Waals surface area contributed by atoms with Crippen molar-refractivity contribution in [2.24, 2.45) is 0 Å². The van der Waals surface area contributed by atoms with Gasteiger partial charge in [0.15, 0.2) is 0 Å². The molecule has 0 spiro atoms. The second-order valence-electron chi connectivity index (χ2n) is 9.13. The van der Waals surface area contributed by atoms with E-state index in [-0.39, 0.29) is 24.9 Å². The highest BCUT2D eigenvalue weighted by Gasteiger charge is 2.33. The fourth-order valence-corrected chi connectivity index (χ4v) is 4.39. The van der Waals surface area contributed by atoms with Gasteiger partial charge in [-0.2, -0.15) is 26.3 Å². The van der Waals surface area contributed by atoms with Gasteiger partial charge in [-0.1, -0.05) is 29.8 Å². The van der Waals surface area contributed by atoms with E-state index in [4.69, 9.17) is 22.1 Å². The van der Waals surface area contributed by atoms with E-state index in [9.17, 15) is 35.9 Å². The zero-order valence-electron chi connectivity index (χ0n) is 21.2. The summed E-state index contributed by atoms with van der Waals surface area (Å²) in [5, 5.41) is 20.0. The van der Waals surface area contributed by atoms with Gasteiger partial charge in [-0.25, -0.2) is 0 Å². The van der Waals surface area contributed by atoms with Gasteiger partial charge in [-0.05, 0) is 47.5 Å².